The van der Waals surface area contributed by atoms with Crippen LogP contribution in [0, 0.1) is 5.92 Å². The van der Waals surface area contributed by atoms with Crippen LogP contribution in [-0.4, -0.2) is 20.6 Å². The van der Waals surface area contributed by atoms with Gasteiger partial charge in [-0.2, -0.15) is 0 Å². The third-order valence-electron chi connectivity index (χ3n) is 3.24. The molecule has 102 valence electrons. The van der Waals surface area contributed by atoms with Crippen LogP contribution in [0.2, 0.25) is 0 Å². The highest BCUT2D eigenvalue weighted by Crippen LogP contribution is 2.22. The average molecular weight is 262 g/mol. The number of aromatic amines is 1. The van der Waals surface area contributed by atoms with Crippen LogP contribution < -0.4 is 5.69 Å². The Hall–Kier alpha value is -2.04. The quantitative estimate of drug-likeness (QED) is 0.889. The highest BCUT2D eigenvalue weighted by molar-refractivity contribution is 6.00. The first kappa shape index (κ1) is 13.4. The fourth-order valence-corrected chi connectivity index (χ4v) is 2.55. The lowest BCUT2D eigenvalue weighted by Gasteiger charge is -2.15. The maximum atomic E-state index is 12.1. The van der Waals surface area contributed by atoms with Gasteiger partial charge in [0.25, 0.3) is 0 Å². The second-order valence-electron chi connectivity index (χ2n) is 5.28. The van der Waals surface area contributed by atoms with Crippen LogP contribution in [0.1, 0.15) is 43.6 Å². The summed E-state index contributed by atoms with van der Waals surface area (Å²) in [4.78, 5) is 25.9. The number of carbonyl (C=O) groups is 1. The Morgan fingerprint density at radius 3 is 2.63 bits per heavy atom. The third kappa shape index (κ3) is 2.41. The number of aromatic carboxylic acids is 1. The van der Waals surface area contributed by atoms with Gasteiger partial charge in [-0.05, 0) is 31.4 Å². The summed E-state index contributed by atoms with van der Waals surface area (Å²) in [6.07, 6.45) is 0.865. The van der Waals surface area contributed by atoms with Crippen LogP contribution in [0.5, 0.6) is 0 Å². The van der Waals surface area contributed by atoms with Crippen molar-refractivity contribution in [3.8, 4) is 0 Å². The van der Waals surface area contributed by atoms with E-state index in [1.165, 1.54) is 6.07 Å². The summed E-state index contributed by atoms with van der Waals surface area (Å²) in [7, 11) is 0. The van der Waals surface area contributed by atoms with Crippen LogP contribution in [0.3, 0.4) is 0 Å². The summed E-state index contributed by atoms with van der Waals surface area (Å²) < 4.78 is 1.64. The smallest absolute Gasteiger partial charge is 0.337 e. The zero-order valence-electron chi connectivity index (χ0n) is 11.3. The van der Waals surface area contributed by atoms with Gasteiger partial charge in [0.15, 0.2) is 0 Å². The number of nitrogens with zero attached hydrogens (tertiary/aromatic N) is 1. The van der Waals surface area contributed by atoms with Crippen LogP contribution in [0.4, 0.5) is 0 Å². The van der Waals surface area contributed by atoms with E-state index in [9.17, 15) is 9.59 Å². The van der Waals surface area contributed by atoms with E-state index in [4.69, 9.17) is 5.11 Å². The monoisotopic (exact) mass is 262 g/mol. The molecule has 1 unspecified atom stereocenters. The SMILES string of the molecule is CC(C)CC(C)n1c(=O)[nH]c2c(C(=O)O)cccc21. The molecule has 1 aromatic carbocycles. The Bertz CT molecular complexity index is 667. The third-order valence-corrected chi connectivity index (χ3v) is 3.24. The van der Waals surface area contributed by atoms with Crippen molar-refractivity contribution in [2.75, 3.05) is 0 Å². The van der Waals surface area contributed by atoms with E-state index in [-0.39, 0.29) is 17.3 Å². The Kier molecular flexibility index (Phi) is 3.46. The lowest BCUT2D eigenvalue weighted by molar-refractivity contribution is 0.0699. The van der Waals surface area contributed by atoms with Gasteiger partial charge in [0.05, 0.1) is 16.6 Å². The Balaban J connectivity index is 2.63. The van der Waals surface area contributed by atoms with E-state index in [1.807, 2.05) is 6.92 Å². The molecule has 0 amide bonds. The van der Waals surface area contributed by atoms with Gasteiger partial charge in [-0.25, -0.2) is 9.59 Å². The van der Waals surface area contributed by atoms with Gasteiger partial charge in [-0.15, -0.1) is 0 Å². The molecule has 0 saturated heterocycles. The number of benzene rings is 1. The molecule has 2 N–H and O–H groups in total. The largest absolute Gasteiger partial charge is 0.478 e. The van der Waals surface area contributed by atoms with Crippen molar-refractivity contribution in [3.63, 3.8) is 0 Å². The molecule has 19 heavy (non-hydrogen) atoms. The highest BCUT2D eigenvalue weighted by Gasteiger charge is 2.18. The number of para-hydroxylation sites is 1. The summed E-state index contributed by atoms with van der Waals surface area (Å²) in [5.41, 5.74) is 0.926. The summed E-state index contributed by atoms with van der Waals surface area (Å²) in [6, 6.07) is 4.97. The van der Waals surface area contributed by atoms with Crippen LogP contribution in [0.15, 0.2) is 23.0 Å². The number of fused-ring (bicyclic) bond motifs is 1. The average Bonchev–Trinajstić information content (AvgIpc) is 2.63. The van der Waals surface area contributed by atoms with Gasteiger partial charge in [-0.3, -0.25) is 4.57 Å². The number of rotatable bonds is 4. The van der Waals surface area contributed by atoms with Gasteiger partial charge in [0.2, 0.25) is 0 Å². The highest BCUT2D eigenvalue weighted by atomic mass is 16.4. The standard InChI is InChI=1S/C14H18N2O3/c1-8(2)7-9(3)16-11-6-4-5-10(13(17)18)12(11)15-14(16)19/h4-6,8-9H,7H2,1-3H3,(H,15,19)(H,17,18). The lowest BCUT2D eigenvalue weighted by Crippen LogP contribution is -2.21. The van der Waals surface area contributed by atoms with Crippen molar-refractivity contribution < 1.29 is 9.90 Å². The van der Waals surface area contributed by atoms with Crippen molar-refractivity contribution in [3.05, 3.63) is 34.2 Å². The van der Waals surface area contributed by atoms with E-state index in [1.54, 1.807) is 16.7 Å². The number of hydrogen-bond acceptors (Lipinski definition) is 2. The Morgan fingerprint density at radius 1 is 1.37 bits per heavy atom. The molecule has 0 bridgehead atoms. The first-order chi connectivity index (χ1) is 8.91. The summed E-state index contributed by atoms with van der Waals surface area (Å²) in [6.45, 7) is 6.17. The number of hydrogen-bond donors (Lipinski definition) is 2. The zero-order chi connectivity index (χ0) is 14.2. The van der Waals surface area contributed by atoms with Crippen LogP contribution >= 0.6 is 0 Å². The molecule has 0 aliphatic heterocycles. The molecule has 0 saturated carbocycles. The maximum Gasteiger partial charge on any atom is 0.337 e. The van der Waals surface area contributed by atoms with Crippen molar-refractivity contribution in [2.45, 2.75) is 33.2 Å². The number of H-pyrrole nitrogens is 1. The van der Waals surface area contributed by atoms with Gasteiger partial charge in [-0.1, -0.05) is 19.9 Å². The second kappa shape index (κ2) is 4.91. The maximum absolute atomic E-state index is 12.1. The fourth-order valence-electron chi connectivity index (χ4n) is 2.55. The molecule has 5 heteroatoms. The molecule has 0 radical (unpaired) electrons. The first-order valence-electron chi connectivity index (χ1n) is 6.38. The van der Waals surface area contributed by atoms with Gasteiger partial charge in [0.1, 0.15) is 0 Å². The second-order valence-corrected chi connectivity index (χ2v) is 5.28. The number of imidazole rings is 1. The van der Waals surface area contributed by atoms with E-state index >= 15 is 0 Å². The molecular formula is C14H18N2O3. The van der Waals surface area contributed by atoms with Crippen molar-refractivity contribution in [2.24, 2.45) is 5.92 Å². The lowest BCUT2D eigenvalue weighted by atomic mass is 10.0. The van der Waals surface area contributed by atoms with E-state index < -0.39 is 5.97 Å². The molecule has 0 spiro atoms. The number of nitrogens with one attached hydrogen (secondary N) is 1. The molecule has 5 nitrogen and oxygen atoms in total. The molecule has 1 heterocycles. The normalized spacial score (nSPS) is 13.1. The van der Waals surface area contributed by atoms with Gasteiger partial charge < -0.3 is 10.1 Å². The van der Waals surface area contributed by atoms with Crippen molar-refractivity contribution in [1.82, 2.24) is 9.55 Å². The van der Waals surface area contributed by atoms with E-state index in [0.717, 1.165) is 6.42 Å². The van der Waals surface area contributed by atoms with Crippen molar-refractivity contribution in [1.29, 1.82) is 0 Å². The molecule has 1 atom stereocenters. The molecular weight excluding hydrogens is 244 g/mol. The van der Waals surface area contributed by atoms with Gasteiger partial charge in [0, 0.05) is 6.04 Å². The van der Waals surface area contributed by atoms with Gasteiger partial charge >= 0.3 is 11.7 Å². The number of aromatic nitrogens is 2. The van der Waals surface area contributed by atoms with Crippen LogP contribution in [0.25, 0.3) is 11.0 Å². The van der Waals surface area contributed by atoms with Crippen molar-refractivity contribution >= 4 is 17.0 Å². The van der Waals surface area contributed by atoms with E-state index in [0.29, 0.717) is 17.0 Å². The minimum Gasteiger partial charge on any atom is -0.478 e. The zero-order valence-corrected chi connectivity index (χ0v) is 11.3. The predicted octanol–water partition coefficient (Wildman–Crippen LogP) is 2.63. The topological polar surface area (TPSA) is 75.1 Å². The first-order valence-corrected chi connectivity index (χ1v) is 6.38. The minimum absolute atomic E-state index is 0.0327. The Morgan fingerprint density at radius 2 is 2.05 bits per heavy atom. The summed E-state index contributed by atoms with van der Waals surface area (Å²) >= 11 is 0. The summed E-state index contributed by atoms with van der Waals surface area (Å²) in [5, 5.41) is 9.14. The molecule has 1 aromatic heterocycles. The number of carboxylic acids is 1. The molecule has 0 aliphatic carbocycles. The minimum atomic E-state index is -1.03. The van der Waals surface area contributed by atoms with Crippen LogP contribution in [-0.2, 0) is 0 Å². The molecule has 0 fully saturated rings. The predicted molar refractivity (Wildman–Crippen MR) is 73.7 cm³/mol. The fraction of sp³-hybridized carbons (Fsp3) is 0.429. The molecule has 2 rings (SSSR count). The molecule has 0 aliphatic rings. The summed E-state index contributed by atoms with van der Waals surface area (Å²) in [5.74, 6) is -0.565. The number of carboxylic acid groups (broad SMARTS) is 1. The van der Waals surface area contributed by atoms with E-state index in [2.05, 4.69) is 18.8 Å². The Labute approximate surface area is 110 Å². The molecule has 2 aromatic rings.